The minimum absolute atomic E-state index is 0.00918. The van der Waals surface area contributed by atoms with E-state index in [2.05, 4.69) is 6.92 Å². The Morgan fingerprint density at radius 2 is 1.88 bits per heavy atom. The molecule has 2 atom stereocenters. The highest BCUT2D eigenvalue weighted by molar-refractivity contribution is 5.84. The first-order chi connectivity index (χ1) is 8.08. The van der Waals surface area contributed by atoms with E-state index in [1.54, 1.807) is 0 Å². The molecule has 2 aliphatic heterocycles. The van der Waals surface area contributed by atoms with Crippen LogP contribution in [0.4, 0.5) is 4.79 Å². The first-order valence-electron chi connectivity index (χ1n) is 6.64. The van der Waals surface area contributed by atoms with Crippen molar-refractivity contribution in [3.63, 3.8) is 0 Å². The molecule has 2 saturated heterocycles. The lowest BCUT2D eigenvalue weighted by Gasteiger charge is -2.38. The molecule has 0 spiro atoms. The van der Waals surface area contributed by atoms with Gasteiger partial charge in [0.2, 0.25) is 0 Å². The summed E-state index contributed by atoms with van der Waals surface area (Å²) >= 11 is 0. The van der Waals surface area contributed by atoms with Crippen LogP contribution in [-0.2, 0) is 4.79 Å². The van der Waals surface area contributed by atoms with Gasteiger partial charge in [-0.2, -0.15) is 0 Å². The van der Waals surface area contributed by atoms with E-state index < -0.39 is 0 Å². The van der Waals surface area contributed by atoms with Gasteiger partial charge in [0, 0.05) is 38.5 Å². The minimum atomic E-state index is 0.00918. The van der Waals surface area contributed by atoms with Gasteiger partial charge in [0.1, 0.15) is 5.78 Å². The smallest absolute Gasteiger partial charge is 0.320 e. The molecule has 4 nitrogen and oxygen atoms in total. The van der Waals surface area contributed by atoms with Crippen LogP contribution in [0.15, 0.2) is 0 Å². The van der Waals surface area contributed by atoms with Crippen molar-refractivity contribution in [3.05, 3.63) is 0 Å². The summed E-state index contributed by atoms with van der Waals surface area (Å²) in [5, 5.41) is 0. The number of ketones is 1. The third-order valence-electron chi connectivity index (χ3n) is 3.87. The molecular formula is C13H22N2O2. The van der Waals surface area contributed by atoms with E-state index in [1.807, 2.05) is 16.7 Å². The van der Waals surface area contributed by atoms with Crippen LogP contribution in [0.1, 0.15) is 33.1 Å². The third-order valence-corrected chi connectivity index (χ3v) is 3.87. The van der Waals surface area contributed by atoms with Crippen LogP contribution in [0.2, 0.25) is 0 Å². The fourth-order valence-electron chi connectivity index (χ4n) is 2.75. The van der Waals surface area contributed by atoms with E-state index in [0.29, 0.717) is 31.2 Å². The Balaban J connectivity index is 1.93. The number of rotatable bonds is 0. The highest BCUT2D eigenvalue weighted by Crippen LogP contribution is 2.19. The largest absolute Gasteiger partial charge is 0.324 e. The van der Waals surface area contributed by atoms with Gasteiger partial charge in [0.15, 0.2) is 0 Å². The van der Waals surface area contributed by atoms with Gasteiger partial charge in [-0.3, -0.25) is 4.79 Å². The van der Waals surface area contributed by atoms with Gasteiger partial charge in [-0.15, -0.1) is 0 Å². The molecule has 2 fully saturated rings. The van der Waals surface area contributed by atoms with Crippen molar-refractivity contribution in [1.82, 2.24) is 9.80 Å². The molecule has 2 unspecified atom stereocenters. The van der Waals surface area contributed by atoms with Crippen molar-refractivity contribution in [2.24, 2.45) is 11.8 Å². The SMILES string of the molecule is CC1CCCN(C(=O)N2CCC(=O)C(C)C2)C1. The standard InChI is InChI=1S/C13H22N2O2/c1-10-4-3-6-14(8-10)13(17)15-7-5-12(16)11(2)9-15/h10-11H,3-9H2,1-2H3. The van der Waals surface area contributed by atoms with Crippen molar-refractivity contribution in [2.75, 3.05) is 26.2 Å². The highest BCUT2D eigenvalue weighted by atomic mass is 16.2. The number of piperidine rings is 2. The molecule has 0 N–H and O–H groups in total. The highest BCUT2D eigenvalue weighted by Gasteiger charge is 2.30. The maximum absolute atomic E-state index is 12.3. The number of hydrogen-bond acceptors (Lipinski definition) is 2. The van der Waals surface area contributed by atoms with Crippen molar-refractivity contribution in [2.45, 2.75) is 33.1 Å². The fraction of sp³-hybridized carbons (Fsp3) is 0.846. The van der Waals surface area contributed by atoms with Gasteiger partial charge in [0.05, 0.1) is 0 Å². The average Bonchev–Trinajstić information content (AvgIpc) is 2.32. The van der Waals surface area contributed by atoms with E-state index in [9.17, 15) is 9.59 Å². The molecule has 0 aromatic carbocycles. The molecule has 17 heavy (non-hydrogen) atoms. The predicted octanol–water partition coefficient (Wildman–Crippen LogP) is 1.75. The zero-order valence-electron chi connectivity index (χ0n) is 10.8. The Kier molecular flexibility index (Phi) is 3.69. The van der Waals surface area contributed by atoms with Crippen LogP contribution in [-0.4, -0.2) is 47.8 Å². The summed E-state index contributed by atoms with van der Waals surface area (Å²) in [5.41, 5.74) is 0. The van der Waals surface area contributed by atoms with Gasteiger partial charge >= 0.3 is 6.03 Å². The van der Waals surface area contributed by atoms with Crippen LogP contribution >= 0.6 is 0 Å². The average molecular weight is 238 g/mol. The van der Waals surface area contributed by atoms with E-state index in [1.165, 1.54) is 6.42 Å². The molecule has 0 aromatic rings. The first kappa shape index (κ1) is 12.4. The zero-order chi connectivity index (χ0) is 12.4. The number of likely N-dealkylation sites (tertiary alicyclic amines) is 2. The first-order valence-corrected chi connectivity index (χ1v) is 6.64. The van der Waals surface area contributed by atoms with Gasteiger partial charge in [-0.05, 0) is 18.8 Å². The van der Waals surface area contributed by atoms with E-state index in [-0.39, 0.29) is 11.9 Å². The number of Topliss-reactive ketones (excluding diaryl/α,β-unsaturated/α-hetero) is 1. The van der Waals surface area contributed by atoms with Gasteiger partial charge in [-0.25, -0.2) is 4.79 Å². The Morgan fingerprint density at radius 3 is 2.53 bits per heavy atom. The van der Waals surface area contributed by atoms with Crippen molar-refractivity contribution in [3.8, 4) is 0 Å². The summed E-state index contributed by atoms with van der Waals surface area (Å²) in [6, 6.07) is 0.135. The van der Waals surface area contributed by atoms with E-state index in [4.69, 9.17) is 0 Å². The number of carbonyl (C=O) groups excluding carboxylic acids is 2. The number of carbonyl (C=O) groups is 2. The van der Waals surface area contributed by atoms with Crippen LogP contribution in [0, 0.1) is 11.8 Å². The van der Waals surface area contributed by atoms with Crippen LogP contribution in [0.3, 0.4) is 0 Å². The topological polar surface area (TPSA) is 40.6 Å². The predicted molar refractivity (Wildman–Crippen MR) is 65.7 cm³/mol. The second-order valence-electron chi connectivity index (χ2n) is 5.54. The third kappa shape index (κ3) is 2.79. The molecule has 0 aromatic heterocycles. The monoisotopic (exact) mass is 238 g/mol. The summed E-state index contributed by atoms with van der Waals surface area (Å²) in [7, 11) is 0. The molecule has 2 aliphatic rings. The second kappa shape index (κ2) is 5.07. The normalized spacial score (nSPS) is 30.6. The number of nitrogens with zero attached hydrogens (tertiary/aromatic N) is 2. The molecule has 2 heterocycles. The lowest BCUT2D eigenvalue weighted by atomic mass is 9.98. The fourth-order valence-corrected chi connectivity index (χ4v) is 2.75. The minimum Gasteiger partial charge on any atom is -0.324 e. The second-order valence-corrected chi connectivity index (χ2v) is 5.54. The Hall–Kier alpha value is -1.06. The van der Waals surface area contributed by atoms with Gasteiger partial charge < -0.3 is 9.80 Å². The van der Waals surface area contributed by atoms with Crippen molar-refractivity contribution >= 4 is 11.8 Å². The quantitative estimate of drug-likeness (QED) is 0.645. The Morgan fingerprint density at radius 1 is 1.18 bits per heavy atom. The number of hydrogen-bond donors (Lipinski definition) is 0. The molecule has 2 amide bonds. The molecular weight excluding hydrogens is 216 g/mol. The lowest BCUT2D eigenvalue weighted by molar-refractivity contribution is -0.124. The molecule has 0 saturated carbocycles. The molecule has 0 radical (unpaired) electrons. The summed E-state index contributed by atoms with van der Waals surface area (Å²) in [6.45, 7) is 7.07. The zero-order valence-corrected chi connectivity index (χ0v) is 10.8. The van der Waals surface area contributed by atoms with E-state index in [0.717, 1.165) is 19.5 Å². The Bertz CT molecular complexity index is 317. The van der Waals surface area contributed by atoms with Crippen LogP contribution in [0.5, 0.6) is 0 Å². The lowest BCUT2D eigenvalue weighted by Crippen LogP contribution is -2.51. The summed E-state index contributed by atoms with van der Waals surface area (Å²) in [5.74, 6) is 0.910. The summed E-state index contributed by atoms with van der Waals surface area (Å²) in [4.78, 5) is 27.5. The number of amides is 2. The maximum atomic E-state index is 12.3. The number of urea groups is 1. The summed E-state index contributed by atoms with van der Waals surface area (Å²) in [6.07, 6.45) is 2.85. The van der Waals surface area contributed by atoms with Crippen molar-refractivity contribution < 1.29 is 9.59 Å². The Labute approximate surface area is 103 Å². The molecule has 0 aliphatic carbocycles. The van der Waals surface area contributed by atoms with Gasteiger partial charge in [-0.1, -0.05) is 13.8 Å². The van der Waals surface area contributed by atoms with Crippen LogP contribution in [0.25, 0.3) is 0 Å². The van der Waals surface area contributed by atoms with Crippen molar-refractivity contribution in [1.29, 1.82) is 0 Å². The van der Waals surface area contributed by atoms with Gasteiger partial charge in [0.25, 0.3) is 0 Å². The molecule has 0 bridgehead atoms. The van der Waals surface area contributed by atoms with E-state index >= 15 is 0 Å². The molecule has 96 valence electrons. The molecule has 2 rings (SSSR count). The summed E-state index contributed by atoms with van der Waals surface area (Å²) < 4.78 is 0. The molecule has 4 heteroatoms. The van der Waals surface area contributed by atoms with Crippen LogP contribution < -0.4 is 0 Å². The maximum Gasteiger partial charge on any atom is 0.320 e.